The Bertz CT molecular complexity index is 655. The van der Waals surface area contributed by atoms with Crippen molar-refractivity contribution in [3.63, 3.8) is 0 Å². The Balaban J connectivity index is 1.65. The third-order valence-electron chi connectivity index (χ3n) is 4.14. The molecular weight excluding hydrogens is 296 g/mol. The molecule has 7 nitrogen and oxygen atoms in total. The Morgan fingerprint density at radius 2 is 2.09 bits per heavy atom. The molecule has 0 radical (unpaired) electrons. The summed E-state index contributed by atoms with van der Waals surface area (Å²) in [7, 11) is 5.22. The van der Waals surface area contributed by atoms with Gasteiger partial charge in [-0.1, -0.05) is 11.6 Å². The molecule has 3 rings (SSSR count). The molecule has 0 N–H and O–H groups in total. The summed E-state index contributed by atoms with van der Waals surface area (Å²) >= 11 is 0. The van der Waals surface area contributed by atoms with Gasteiger partial charge in [0.1, 0.15) is 5.69 Å². The molecule has 2 aromatic rings. The molecule has 1 aliphatic rings. The second kappa shape index (κ2) is 6.95. The number of hydrogen-bond acceptors (Lipinski definition) is 7. The number of hydrogen-bond donors (Lipinski definition) is 0. The molecule has 0 bridgehead atoms. The maximum Gasteiger partial charge on any atom is 0.229 e. The van der Waals surface area contributed by atoms with Gasteiger partial charge in [0.2, 0.25) is 5.89 Å². The molecule has 0 aliphatic heterocycles. The average Bonchev–Trinajstić information content (AvgIpc) is 2.92. The van der Waals surface area contributed by atoms with E-state index in [0.29, 0.717) is 36.3 Å². The largest absolute Gasteiger partial charge is 0.493 e. The predicted molar refractivity (Wildman–Crippen MR) is 83.4 cm³/mol. The zero-order valence-electron chi connectivity index (χ0n) is 13.8. The minimum absolute atomic E-state index is 0.460. The maximum absolute atomic E-state index is 5.41. The van der Waals surface area contributed by atoms with Crippen molar-refractivity contribution in [2.45, 2.75) is 38.3 Å². The summed E-state index contributed by atoms with van der Waals surface area (Å²) in [6, 6.07) is 1.78. The van der Waals surface area contributed by atoms with E-state index >= 15 is 0 Å². The minimum atomic E-state index is 0.460. The molecule has 124 valence electrons. The lowest BCUT2D eigenvalue weighted by Crippen LogP contribution is -2.19. The molecule has 0 aromatic carbocycles. The van der Waals surface area contributed by atoms with Crippen molar-refractivity contribution >= 4 is 0 Å². The van der Waals surface area contributed by atoms with E-state index in [0.717, 1.165) is 24.4 Å². The molecule has 7 heteroatoms. The molecule has 0 saturated heterocycles. The van der Waals surface area contributed by atoms with Crippen LogP contribution in [0.1, 0.15) is 42.6 Å². The molecule has 2 aromatic heterocycles. The van der Waals surface area contributed by atoms with Gasteiger partial charge in [-0.2, -0.15) is 4.98 Å². The summed E-state index contributed by atoms with van der Waals surface area (Å²) in [6.07, 6.45) is 5.28. The fraction of sp³-hybridized carbons (Fsp3) is 0.562. The SMILES string of the molecule is COc1ccnc(CN(C)Cc2noc(C3CCC3)n2)c1OC. The smallest absolute Gasteiger partial charge is 0.229 e. The summed E-state index contributed by atoms with van der Waals surface area (Å²) in [4.78, 5) is 10.9. The van der Waals surface area contributed by atoms with Gasteiger partial charge in [0.25, 0.3) is 0 Å². The zero-order valence-corrected chi connectivity index (χ0v) is 13.8. The Morgan fingerprint density at radius 3 is 2.74 bits per heavy atom. The highest BCUT2D eigenvalue weighted by molar-refractivity contribution is 5.42. The van der Waals surface area contributed by atoms with E-state index < -0.39 is 0 Å². The van der Waals surface area contributed by atoms with E-state index in [9.17, 15) is 0 Å². The molecule has 1 fully saturated rings. The van der Waals surface area contributed by atoms with Gasteiger partial charge in [0, 0.05) is 24.7 Å². The van der Waals surface area contributed by atoms with Gasteiger partial charge >= 0.3 is 0 Å². The third-order valence-corrected chi connectivity index (χ3v) is 4.14. The molecule has 0 atom stereocenters. The van der Waals surface area contributed by atoms with E-state index in [1.54, 1.807) is 26.5 Å². The molecule has 1 saturated carbocycles. The number of nitrogens with zero attached hydrogens (tertiary/aromatic N) is 4. The molecule has 0 amide bonds. The lowest BCUT2D eigenvalue weighted by atomic mass is 9.85. The lowest BCUT2D eigenvalue weighted by molar-refractivity contribution is 0.276. The number of rotatable bonds is 7. The van der Waals surface area contributed by atoms with Crippen LogP contribution in [-0.2, 0) is 13.1 Å². The fourth-order valence-electron chi connectivity index (χ4n) is 2.67. The Kier molecular flexibility index (Phi) is 4.76. The number of aromatic nitrogens is 3. The highest BCUT2D eigenvalue weighted by atomic mass is 16.5. The summed E-state index contributed by atoms with van der Waals surface area (Å²) < 4.78 is 16.1. The van der Waals surface area contributed by atoms with Crippen LogP contribution >= 0.6 is 0 Å². The van der Waals surface area contributed by atoms with Gasteiger partial charge in [-0.25, -0.2) is 0 Å². The maximum atomic E-state index is 5.41. The van der Waals surface area contributed by atoms with Gasteiger partial charge in [-0.3, -0.25) is 9.88 Å². The van der Waals surface area contributed by atoms with Gasteiger partial charge in [0.15, 0.2) is 17.3 Å². The van der Waals surface area contributed by atoms with E-state index in [2.05, 4.69) is 20.0 Å². The van der Waals surface area contributed by atoms with Crippen molar-refractivity contribution < 1.29 is 14.0 Å². The number of ether oxygens (including phenoxy) is 2. The monoisotopic (exact) mass is 318 g/mol. The van der Waals surface area contributed by atoms with Gasteiger partial charge < -0.3 is 14.0 Å². The minimum Gasteiger partial charge on any atom is -0.493 e. The van der Waals surface area contributed by atoms with E-state index in [1.807, 2.05) is 7.05 Å². The van der Waals surface area contributed by atoms with E-state index in [1.165, 1.54) is 6.42 Å². The van der Waals surface area contributed by atoms with E-state index in [-0.39, 0.29) is 0 Å². The summed E-state index contributed by atoms with van der Waals surface area (Å²) in [5, 5.41) is 4.07. The van der Waals surface area contributed by atoms with Crippen molar-refractivity contribution in [3.8, 4) is 11.5 Å². The van der Waals surface area contributed by atoms with Crippen LogP contribution in [0.3, 0.4) is 0 Å². The quantitative estimate of drug-likeness (QED) is 0.776. The van der Waals surface area contributed by atoms with Crippen molar-refractivity contribution in [3.05, 3.63) is 29.7 Å². The second-order valence-corrected chi connectivity index (χ2v) is 5.84. The molecule has 0 unspecified atom stereocenters. The highest BCUT2D eigenvalue weighted by Crippen LogP contribution is 2.35. The number of methoxy groups -OCH3 is 2. The van der Waals surface area contributed by atoms with Crippen molar-refractivity contribution in [2.24, 2.45) is 0 Å². The van der Waals surface area contributed by atoms with Crippen molar-refractivity contribution in [2.75, 3.05) is 21.3 Å². The topological polar surface area (TPSA) is 73.5 Å². The first kappa shape index (κ1) is 15.7. The lowest BCUT2D eigenvalue weighted by Gasteiger charge is -2.20. The predicted octanol–water partition coefficient (Wildman–Crippen LogP) is 2.38. The van der Waals surface area contributed by atoms with Gasteiger partial charge in [0.05, 0.1) is 20.8 Å². The first-order valence-corrected chi connectivity index (χ1v) is 7.78. The fourth-order valence-corrected chi connectivity index (χ4v) is 2.67. The van der Waals surface area contributed by atoms with Crippen LogP contribution in [-0.4, -0.2) is 41.3 Å². The van der Waals surface area contributed by atoms with Crippen LogP contribution in [0.4, 0.5) is 0 Å². The Labute approximate surface area is 135 Å². The molecule has 1 aliphatic carbocycles. The highest BCUT2D eigenvalue weighted by Gasteiger charge is 2.25. The molecular formula is C16H22N4O3. The number of pyridine rings is 1. The van der Waals surface area contributed by atoms with Crippen molar-refractivity contribution in [1.29, 1.82) is 0 Å². The normalized spacial score (nSPS) is 14.8. The molecule has 2 heterocycles. The van der Waals surface area contributed by atoms with Crippen LogP contribution < -0.4 is 9.47 Å². The molecule has 23 heavy (non-hydrogen) atoms. The Hall–Kier alpha value is -2.15. The van der Waals surface area contributed by atoms with E-state index in [4.69, 9.17) is 14.0 Å². The zero-order chi connectivity index (χ0) is 16.2. The third kappa shape index (κ3) is 3.44. The standard InChI is InChI=1S/C16H22N4O3/c1-20(9-12-15(22-3)13(21-2)7-8-17-12)10-14-18-16(23-19-14)11-5-4-6-11/h7-8,11H,4-6,9-10H2,1-3H3. The van der Waals surface area contributed by atoms with Gasteiger partial charge in [-0.05, 0) is 19.9 Å². The van der Waals surface area contributed by atoms with Crippen LogP contribution in [0.25, 0.3) is 0 Å². The summed E-state index contributed by atoms with van der Waals surface area (Å²) in [5.41, 5.74) is 0.817. The summed E-state index contributed by atoms with van der Waals surface area (Å²) in [6.45, 7) is 1.20. The summed E-state index contributed by atoms with van der Waals surface area (Å²) in [5.74, 6) is 3.28. The average molecular weight is 318 g/mol. The first-order valence-electron chi connectivity index (χ1n) is 7.78. The second-order valence-electron chi connectivity index (χ2n) is 5.84. The van der Waals surface area contributed by atoms with Crippen LogP contribution in [0.2, 0.25) is 0 Å². The molecule has 0 spiro atoms. The van der Waals surface area contributed by atoms with Crippen molar-refractivity contribution in [1.82, 2.24) is 20.0 Å². The first-order chi connectivity index (χ1) is 11.2. The van der Waals surface area contributed by atoms with Crippen LogP contribution in [0.5, 0.6) is 11.5 Å². The van der Waals surface area contributed by atoms with Gasteiger partial charge in [-0.15, -0.1) is 0 Å². The Morgan fingerprint density at radius 1 is 1.26 bits per heavy atom. The van der Waals surface area contributed by atoms with Crippen LogP contribution in [0, 0.1) is 0 Å². The van der Waals surface area contributed by atoms with Crippen LogP contribution in [0.15, 0.2) is 16.8 Å².